The van der Waals surface area contributed by atoms with Crippen molar-refractivity contribution in [3.63, 3.8) is 0 Å². The summed E-state index contributed by atoms with van der Waals surface area (Å²) in [5.74, 6) is -1.99. The lowest BCUT2D eigenvalue weighted by molar-refractivity contribution is -0.144. The minimum absolute atomic E-state index is 0.252. The minimum Gasteiger partial charge on any atom is -0.481 e. The molecular weight excluding hydrogens is 331 g/mol. The molecule has 1 aromatic carbocycles. The molecule has 1 amide bonds. The molecule has 2 aromatic rings. The molecule has 7 heteroatoms. The maximum Gasteiger partial charge on any atom is 0.308 e. The Kier molecular flexibility index (Phi) is 4.62. The van der Waals surface area contributed by atoms with Crippen LogP contribution in [0.3, 0.4) is 0 Å². The van der Waals surface area contributed by atoms with E-state index in [0.717, 1.165) is 5.56 Å². The zero-order chi connectivity index (χ0) is 17.3. The number of carboxylic acid groups (broad SMARTS) is 1. The zero-order valence-electron chi connectivity index (χ0n) is 13.1. The van der Waals surface area contributed by atoms with Gasteiger partial charge in [0.2, 0.25) is 0 Å². The molecule has 1 N–H and O–H groups in total. The Balaban J connectivity index is 1.80. The van der Waals surface area contributed by atoms with E-state index >= 15 is 0 Å². The van der Waals surface area contributed by atoms with Gasteiger partial charge in [0, 0.05) is 23.5 Å². The molecule has 2 heterocycles. The van der Waals surface area contributed by atoms with Crippen molar-refractivity contribution in [2.24, 2.45) is 5.92 Å². The number of aromatic nitrogens is 1. The summed E-state index contributed by atoms with van der Waals surface area (Å²) < 4.78 is 13.0. The number of rotatable bonds is 3. The molecule has 126 valence electrons. The highest BCUT2D eigenvalue weighted by atomic mass is 32.1. The number of halogens is 1. The largest absolute Gasteiger partial charge is 0.481 e. The maximum atomic E-state index is 13.0. The number of hydrogen-bond acceptors (Lipinski definition) is 4. The lowest BCUT2D eigenvalue weighted by Crippen LogP contribution is -2.49. The predicted molar refractivity (Wildman–Crippen MR) is 88.4 cm³/mol. The molecule has 0 bridgehead atoms. The Morgan fingerprint density at radius 1 is 1.33 bits per heavy atom. The molecule has 0 saturated carbocycles. The van der Waals surface area contributed by atoms with Gasteiger partial charge in [-0.2, -0.15) is 0 Å². The van der Waals surface area contributed by atoms with Crippen LogP contribution in [0.1, 0.15) is 30.3 Å². The molecule has 5 nitrogen and oxygen atoms in total. The van der Waals surface area contributed by atoms with Crippen LogP contribution in [0.2, 0.25) is 0 Å². The van der Waals surface area contributed by atoms with Crippen molar-refractivity contribution in [3.8, 4) is 10.6 Å². The summed E-state index contributed by atoms with van der Waals surface area (Å²) >= 11 is 1.31. The molecule has 1 aliphatic heterocycles. The monoisotopic (exact) mass is 348 g/mol. The van der Waals surface area contributed by atoms with Gasteiger partial charge in [-0.3, -0.25) is 9.59 Å². The standard InChI is InChI=1S/C17H17FN2O3S/c1-10-13(17(22)23)3-2-8-20(10)16(21)14-9-24-15(19-14)11-4-6-12(18)7-5-11/h4-7,9-10,13H,2-3,8H2,1H3,(H,22,23)/t10-,13-/m1/s1. The summed E-state index contributed by atoms with van der Waals surface area (Å²) in [5, 5.41) is 11.6. The van der Waals surface area contributed by atoms with E-state index in [1.807, 2.05) is 0 Å². The minimum atomic E-state index is -0.870. The number of hydrogen-bond donors (Lipinski definition) is 1. The fraction of sp³-hybridized carbons (Fsp3) is 0.353. The van der Waals surface area contributed by atoms with Gasteiger partial charge in [0.05, 0.1) is 5.92 Å². The Morgan fingerprint density at radius 2 is 2.04 bits per heavy atom. The Hall–Kier alpha value is -2.28. The van der Waals surface area contributed by atoms with Crippen molar-refractivity contribution in [2.75, 3.05) is 6.54 Å². The average molecular weight is 348 g/mol. The van der Waals surface area contributed by atoms with Gasteiger partial charge in [-0.1, -0.05) is 0 Å². The second kappa shape index (κ2) is 6.68. The third-order valence-corrected chi connectivity index (χ3v) is 5.27. The van der Waals surface area contributed by atoms with Gasteiger partial charge < -0.3 is 10.0 Å². The van der Waals surface area contributed by atoms with Crippen LogP contribution < -0.4 is 0 Å². The van der Waals surface area contributed by atoms with Gasteiger partial charge in [0.25, 0.3) is 5.91 Å². The highest BCUT2D eigenvalue weighted by molar-refractivity contribution is 7.13. The summed E-state index contributed by atoms with van der Waals surface area (Å²) in [7, 11) is 0. The van der Waals surface area contributed by atoms with Crippen LogP contribution in [0, 0.1) is 11.7 Å². The summed E-state index contributed by atoms with van der Waals surface area (Å²) in [5.41, 5.74) is 1.05. The maximum absolute atomic E-state index is 13.0. The van der Waals surface area contributed by atoms with Crippen LogP contribution in [-0.4, -0.2) is 39.5 Å². The number of benzene rings is 1. The summed E-state index contributed by atoms with van der Waals surface area (Å²) in [6.07, 6.45) is 1.25. The molecule has 24 heavy (non-hydrogen) atoms. The van der Waals surface area contributed by atoms with Crippen LogP contribution in [0.15, 0.2) is 29.6 Å². The Bertz CT molecular complexity index is 759. The number of amides is 1. The average Bonchev–Trinajstić information content (AvgIpc) is 3.05. The highest BCUT2D eigenvalue weighted by Gasteiger charge is 2.36. The van der Waals surface area contributed by atoms with Crippen molar-refractivity contribution >= 4 is 23.2 Å². The van der Waals surface area contributed by atoms with Crippen LogP contribution in [0.4, 0.5) is 4.39 Å². The van der Waals surface area contributed by atoms with E-state index < -0.39 is 11.9 Å². The van der Waals surface area contributed by atoms with E-state index in [9.17, 15) is 19.1 Å². The third kappa shape index (κ3) is 3.17. The van der Waals surface area contributed by atoms with Crippen LogP contribution in [0.25, 0.3) is 10.6 Å². The lowest BCUT2D eigenvalue weighted by atomic mass is 9.90. The second-order valence-electron chi connectivity index (χ2n) is 5.87. The number of nitrogens with zero attached hydrogens (tertiary/aromatic N) is 2. The first kappa shape index (κ1) is 16.6. The fourth-order valence-electron chi connectivity index (χ4n) is 3.00. The smallest absolute Gasteiger partial charge is 0.308 e. The van der Waals surface area contributed by atoms with Crippen LogP contribution in [-0.2, 0) is 4.79 Å². The van der Waals surface area contributed by atoms with Gasteiger partial charge in [-0.15, -0.1) is 11.3 Å². The first-order valence-corrected chi connectivity index (χ1v) is 8.60. The number of carbonyl (C=O) groups excluding carboxylic acids is 1. The van der Waals surface area contributed by atoms with Gasteiger partial charge in [-0.25, -0.2) is 9.37 Å². The Labute approximate surface area is 142 Å². The SMILES string of the molecule is C[C@@H]1[C@H](C(=O)O)CCCN1C(=O)c1csc(-c2ccc(F)cc2)n1. The topological polar surface area (TPSA) is 70.5 Å². The molecule has 2 atom stereocenters. The number of piperidine rings is 1. The van der Waals surface area contributed by atoms with Gasteiger partial charge in [-0.05, 0) is 44.0 Å². The van der Waals surface area contributed by atoms with Crippen molar-refractivity contribution in [2.45, 2.75) is 25.8 Å². The number of thiazole rings is 1. The molecule has 1 aromatic heterocycles. The number of carboxylic acids is 1. The van der Waals surface area contributed by atoms with Crippen molar-refractivity contribution in [1.29, 1.82) is 0 Å². The molecule has 3 rings (SSSR count). The molecule has 1 aliphatic rings. The molecular formula is C17H17FN2O3S. The summed E-state index contributed by atoms with van der Waals surface area (Å²) in [6, 6.07) is 5.57. The van der Waals surface area contributed by atoms with Crippen LogP contribution >= 0.6 is 11.3 Å². The predicted octanol–water partition coefficient (Wildman–Crippen LogP) is 3.27. The van der Waals surface area contributed by atoms with E-state index in [-0.39, 0.29) is 17.8 Å². The Morgan fingerprint density at radius 3 is 2.71 bits per heavy atom. The van der Waals surface area contributed by atoms with E-state index in [1.54, 1.807) is 29.3 Å². The fourth-order valence-corrected chi connectivity index (χ4v) is 3.80. The summed E-state index contributed by atoms with van der Waals surface area (Å²) in [6.45, 7) is 2.30. The van der Waals surface area contributed by atoms with E-state index in [4.69, 9.17) is 0 Å². The van der Waals surface area contributed by atoms with Crippen molar-refractivity contribution in [3.05, 3.63) is 41.2 Å². The molecule has 1 saturated heterocycles. The second-order valence-corrected chi connectivity index (χ2v) is 6.73. The lowest BCUT2D eigenvalue weighted by Gasteiger charge is -2.37. The summed E-state index contributed by atoms with van der Waals surface area (Å²) in [4.78, 5) is 29.9. The van der Waals surface area contributed by atoms with E-state index in [2.05, 4.69) is 4.98 Å². The molecule has 1 fully saturated rings. The first-order chi connectivity index (χ1) is 11.5. The molecule has 0 aliphatic carbocycles. The number of carbonyl (C=O) groups is 2. The van der Waals surface area contributed by atoms with Crippen molar-refractivity contribution < 1.29 is 19.1 Å². The molecule has 0 spiro atoms. The quantitative estimate of drug-likeness (QED) is 0.924. The third-order valence-electron chi connectivity index (χ3n) is 4.38. The van der Waals surface area contributed by atoms with E-state index in [0.29, 0.717) is 30.1 Å². The van der Waals surface area contributed by atoms with E-state index in [1.165, 1.54) is 23.5 Å². The van der Waals surface area contributed by atoms with Gasteiger partial charge >= 0.3 is 5.97 Å². The molecule has 0 radical (unpaired) electrons. The van der Waals surface area contributed by atoms with Crippen LogP contribution in [0.5, 0.6) is 0 Å². The zero-order valence-corrected chi connectivity index (χ0v) is 13.9. The number of aliphatic carboxylic acids is 1. The highest BCUT2D eigenvalue weighted by Crippen LogP contribution is 2.28. The normalized spacial score (nSPS) is 20.8. The first-order valence-electron chi connectivity index (χ1n) is 7.72. The van der Waals surface area contributed by atoms with Crippen molar-refractivity contribution in [1.82, 2.24) is 9.88 Å². The van der Waals surface area contributed by atoms with Gasteiger partial charge in [0.15, 0.2) is 0 Å². The number of likely N-dealkylation sites (tertiary alicyclic amines) is 1. The van der Waals surface area contributed by atoms with Gasteiger partial charge in [0.1, 0.15) is 16.5 Å². The molecule has 0 unspecified atom stereocenters.